The fourth-order valence-electron chi connectivity index (χ4n) is 3.74. The van der Waals surface area contributed by atoms with Crippen LogP contribution in [0.3, 0.4) is 0 Å². The zero-order chi connectivity index (χ0) is 14.9. The van der Waals surface area contributed by atoms with Gasteiger partial charge < -0.3 is 15.8 Å². The van der Waals surface area contributed by atoms with Crippen LogP contribution in [-0.4, -0.2) is 22.1 Å². The molecule has 2 aliphatic carbocycles. The van der Waals surface area contributed by atoms with Crippen LogP contribution < -0.4 is 15.8 Å². The first-order chi connectivity index (χ1) is 10.8. The molecule has 0 saturated heterocycles. The third-order valence-electron chi connectivity index (χ3n) is 4.82. The van der Waals surface area contributed by atoms with Crippen molar-refractivity contribution in [2.45, 2.75) is 31.3 Å². The fraction of sp³-hybridized carbons (Fsp3) is 0.412. The van der Waals surface area contributed by atoms with E-state index >= 15 is 0 Å². The number of nitrogens with zero attached hydrogens (tertiary/aromatic N) is 2. The molecule has 0 spiro atoms. The van der Waals surface area contributed by atoms with Crippen molar-refractivity contribution in [1.82, 2.24) is 9.97 Å². The molecule has 2 fully saturated rings. The number of anilines is 1. The number of fused-ring (bicyclic) bond motifs is 2. The monoisotopic (exact) mass is 296 g/mol. The maximum Gasteiger partial charge on any atom is 0.226 e. The molecule has 0 aliphatic heterocycles. The molecule has 5 nitrogen and oxygen atoms in total. The van der Waals surface area contributed by atoms with Crippen LogP contribution in [0.1, 0.15) is 19.3 Å². The van der Waals surface area contributed by atoms with Gasteiger partial charge >= 0.3 is 0 Å². The molecule has 1 aromatic heterocycles. The van der Waals surface area contributed by atoms with E-state index in [9.17, 15) is 0 Å². The summed E-state index contributed by atoms with van der Waals surface area (Å²) in [4.78, 5) is 8.77. The molecule has 2 aliphatic rings. The molecule has 2 saturated carbocycles. The lowest BCUT2D eigenvalue weighted by molar-refractivity contribution is 0.388. The van der Waals surface area contributed by atoms with E-state index in [1.54, 1.807) is 12.3 Å². The first-order valence-corrected chi connectivity index (χ1v) is 7.86. The predicted octanol–water partition coefficient (Wildman–Crippen LogP) is 2.81. The average molecular weight is 296 g/mol. The summed E-state index contributed by atoms with van der Waals surface area (Å²) in [6.45, 7) is 0. The fourth-order valence-corrected chi connectivity index (χ4v) is 3.74. The van der Waals surface area contributed by atoms with Gasteiger partial charge in [0.25, 0.3) is 0 Å². The van der Waals surface area contributed by atoms with Gasteiger partial charge in [0, 0.05) is 24.3 Å². The van der Waals surface area contributed by atoms with Crippen molar-refractivity contribution in [3.63, 3.8) is 0 Å². The van der Waals surface area contributed by atoms with E-state index in [1.807, 2.05) is 30.3 Å². The molecular weight excluding hydrogens is 276 g/mol. The van der Waals surface area contributed by atoms with Crippen LogP contribution in [-0.2, 0) is 0 Å². The SMILES string of the molecule is NC1CC2CC1CC2Nc1nccc(Oc2ccccc2)n1. The number of nitrogens with two attached hydrogens (primary N) is 1. The maximum absolute atomic E-state index is 6.11. The van der Waals surface area contributed by atoms with Crippen molar-refractivity contribution in [2.75, 3.05) is 5.32 Å². The smallest absolute Gasteiger partial charge is 0.226 e. The number of rotatable bonds is 4. The van der Waals surface area contributed by atoms with E-state index in [0.717, 1.165) is 18.6 Å². The van der Waals surface area contributed by atoms with Gasteiger partial charge in [0.2, 0.25) is 11.8 Å². The van der Waals surface area contributed by atoms with E-state index < -0.39 is 0 Å². The Balaban J connectivity index is 1.44. The molecule has 2 aromatic rings. The van der Waals surface area contributed by atoms with Gasteiger partial charge in [0.15, 0.2) is 0 Å². The number of ether oxygens (including phenoxy) is 1. The Bertz CT molecular complexity index is 646. The van der Waals surface area contributed by atoms with E-state index in [0.29, 0.717) is 35.7 Å². The maximum atomic E-state index is 6.11. The van der Waals surface area contributed by atoms with Crippen molar-refractivity contribution < 1.29 is 4.74 Å². The average Bonchev–Trinajstić information content (AvgIpc) is 3.08. The molecule has 0 amide bonds. The molecular formula is C17H20N4O. The molecule has 1 aromatic carbocycles. The van der Waals surface area contributed by atoms with Gasteiger partial charge in [-0.05, 0) is 43.2 Å². The third-order valence-corrected chi connectivity index (χ3v) is 4.82. The van der Waals surface area contributed by atoms with Crippen LogP contribution in [0.5, 0.6) is 11.6 Å². The van der Waals surface area contributed by atoms with Crippen LogP contribution in [0, 0.1) is 11.8 Å². The van der Waals surface area contributed by atoms with Crippen LogP contribution in [0.2, 0.25) is 0 Å². The molecule has 4 unspecified atom stereocenters. The first-order valence-electron chi connectivity index (χ1n) is 7.86. The lowest BCUT2D eigenvalue weighted by atomic mass is 9.92. The van der Waals surface area contributed by atoms with Gasteiger partial charge in [-0.1, -0.05) is 18.2 Å². The second-order valence-electron chi connectivity index (χ2n) is 6.28. The molecule has 4 atom stereocenters. The number of hydrogen-bond acceptors (Lipinski definition) is 5. The summed E-state index contributed by atoms with van der Waals surface area (Å²) in [6, 6.07) is 12.3. The van der Waals surface area contributed by atoms with Crippen LogP contribution in [0.4, 0.5) is 5.95 Å². The molecule has 4 rings (SSSR count). The molecule has 22 heavy (non-hydrogen) atoms. The summed E-state index contributed by atoms with van der Waals surface area (Å²) in [5.41, 5.74) is 6.11. The lowest BCUT2D eigenvalue weighted by Gasteiger charge is -2.26. The second kappa shape index (κ2) is 5.57. The van der Waals surface area contributed by atoms with Crippen molar-refractivity contribution >= 4 is 5.95 Å². The standard InChI is InChI=1S/C17H20N4O/c18-14-9-12-8-11(14)10-15(12)20-17-19-7-6-16(21-17)22-13-4-2-1-3-5-13/h1-7,11-12,14-15H,8-10,18H2,(H,19,20,21). The van der Waals surface area contributed by atoms with Gasteiger partial charge in [-0.3, -0.25) is 0 Å². The van der Waals surface area contributed by atoms with Gasteiger partial charge in [-0.2, -0.15) is 4.98 Å². The summed E-state index contributed by atoms with van der Waals surface area (Å²) in [7, 11) is 0. The number of benzene rings is 1. The quantitative estimate of drug-likeness (QED) is 0.907. The van der Waals surface area contributed by atoms with Crippen molar-refractivity contribution in [3.8, 4) is 11.6 Å². The summed E-state index contributed by atoms with van der Waals surface area (Å²) in [5.74, 6) is 3.29. The van der Waals surface area contributed by atoms with Crippen LogP contribution >= 0.6 is 0 Å². The van der Waals surface area contributed by atoms with Gasteiger partial charge in [0.1, 0.15) is 5.75 Å². The lowest BCUT2D eigenvalue weighted by Crippen LogP contribution is -2.35. The second-order valence-corrected chi connectivity index (χ2v) is 6.28. The van der Waals surface area contributed by atoms with E-state index in [1.165, 1.54) is 6.42 Å². The third kappa shape index (κ3) is 2.64. The predicted molar refractivity (Wildman–Crippen MR) is 84.8 cm³/mol. The number of para-hydroxylation sites is 1. The topological polar surface area (TPSA) is 73.1 Å². The molecule has 114 valence electrons. The highest BCUT2D eigenvalue weighted by Crippen LogP contribution is 2.44. The van der Waals surface area contributed by atoms with Crippen LogP contribution in [0.25, 0.3) is 0 Å². The highest BCUT2D eigenvalue weighted by atomic mass is 16.5. The van der Waals surface area contributed by atoms with Crippen LogP contribution in [0.15, 0.2) is 42.6 Å². The summed E-state index contributed by atoms with van der Waals surface area (Å²) in [6.07, 6.45) is 5.20. The zero-order valence-corrected chi connectivity index (χ0v) is 12.4. The minimum atomic E-state index is 0.386. The normalized spacial score (nSPS) is 29.5. The molecule has 5 heteroatoms. The Hall–Kier alpha value is -2.14. The van der Waals surface area contributed by atoms with Gasteiger partial charge in [-0.25, -0.2) is 4.98 Å². The van der Waals surface area contributed by atoms with Crippen molar-refractivity contribution in [2.24, 2.45) is 17.6 Å². The molecule has 2 bridgehead atoms. The van der Waals surface area contributed by atoms with Crippen molar-refractivity contribution in [1.29, 1.82) is 0 Å². The Morgan fingerprint density at radius 2 is 1.91 bits per heavy atom. The van der Waals surface area contributed by atoms with E-state index in [2.05, 4.69) is 15.3 Å². The number of hydrogen-bond donors (Lipinski definition) is 2. The minimum absolute atomic E-state index is 0.386. The van der Waals surface area contributed by atoms with Gasteiger partial charge in [0.05, 0.1) is 0 Å². The molecule has 3 N–H and O–H groups in total. The summed E-state index contributed by atoms with van der Waals surface area (Å²) < 4.78 is 5.75. The Labute approximate surface area is 129 Å². The zero-order valence-electron chi connectivity index (χ0n) is 12.4. The Kier molecular flexibility index (Phi) is 3.42. The van der Waals surface area contributed by atoms with E-state index in [4.69, 9.17) is 10.5 Å². The Morgan fingerprint density at radius 3 is 2.64 bits per heavy atom. The highest BCUT2D eigenvalue weighted by molar-refractivity contribution is 5.33. The minimum Gasteiger partial charge on any atom is -0.439 e. The Morgan fingerprint density at radius 1 is 1.05 bits per heavy atom. The van der Waals surface area contributed by atoms with Gasteiger partial charge in [-0.15, -0.1) is 0 Å². The summed E-state index contributed by atoms with van der Waals surface area (Å²) in [5, 5.41) is 3.46. The van der Waals surface area contributed by atoms with E-state index in [-0.39, 0.29) is 0 Å². The molecule has 1 heterocycles. The van der Waals surface area contributed by atoms with Crippen molar-refractivity contribution in [3.05, 3.63) is 42.6 Å². The largest absolute Gasteiger partial charge is 0.439 e. The summed E-state index contributed by atoms with van der Waals surface area (Å²) >= 11 is 0. The molecule has 0 radical (unpaired) electrons. The first kappa shape index (κ1) is 13.5. The number of aromatic nitrogens is 2. The number of nitrogens with one attached hydrogen (secondary N) is 1. The highest BCUT2D eigenvalue weighted by Gasteiger charge is 2.44.